The molecule has 0 aliphatic rings. The molecule has 5 heteroatoms. The molecule has 0 aliphatic heterocycles. The van der Waals surface area contributed by atoms with E-state index in [9.17, 15) is 5.11 Å². The molecule has 0 spiro atoms. The largest absolute Gasteiger partial charge is 0.854 e. The Morgan fingerprint density at radius 1 is 1.32 bits per heavy atom. The highest BCUT2D eigenvalue weighted by atomic mass is 16.3. The van der Waals surface area contributed by atoms with Gasteiger partial charge in [0.25, 0.3) is 0 Å². The molecule has 0 bridgehead atoms. The molecule has 0 saturated carbocycles. The van der Waals surface area contributed by atoms with E-state index in [0.717, 1.165) is 18.4 Å². The van der Waals surface area contributed by atoms with Crippen LogP contribution >= 0.6 is 0 Å². The maximum atomic E-state index is 11.8. The fourth-order valence-corrected chi connectivity index (χ4v) is 1.62. The molecule has 0 amide bonds. The van der Waals surface area contributed by atoms with Crippen molar-refractivity contribution < 1.29 is 14.9 Å². The van der Waals surface area contributed by atoms with Crippen molar-refractivity contribution in [1.29, 1.82) is 0 Å². The number of aryl methyl sites for hydroxylation is 1. The average molecular weight is 257 g/mol. The smallest absolute Gasteiger partial charge is 0.202 e. The molecule has 19 heavy (non-hydrogen) atoms. The number of aromatic nitrogens is 2. The molecule has 2 rings (SSSR count). The maximum Gasteiger partial charge on any atom is 0.202 e. The summed E-state index contributed by atoms with van der Waals surface area (Å²) in [6.07, 6.45) is 8.09. The first kappa shape index (κ1) is 13.2. The second kappa shape index (κ2) is 6.61. The topological polar surface area (TPSA) is 72.4 Å². The molecule has 2 aromatic heterocycles. The summed E-state index contributed by atoms with van der Waals surface area (Å²) in [6, 6.07) is 7.14. The third kappa shape index (κ3) is 3.86. The van der Waals surface area contributed by atoms with E-state index in [1.165, 1.54) is 10.9 Å². The Kier molecular flexibility index (Phi) is 4.58. The monoisotopic (exact) mass is 257 g/mol. The van der Waals surface area contributed by atoms with Gasteiger partial charge in [-0.25, -0.2) is 0 Å². The van der Waals surface area contributed by atoms with Crippen molar-refractivity contribution in [2.45, 2.75) is 12.8 Å². The lowest BCUT2D eigenvalue weighted by Crippen LogP contribution is -2.33. The van der Waals surface area contributed by atoms with Crippen molar-refractivity contribution >= 4 is 5.90 Å². The number of aliphatic hydroxyl groups excluding tert-OH is 1. The van der Waals surface area contributed by atoms with Crippen LogP contribution in [-0.2, 0) is 6.42 Å². The van der Waals surface area contributed by atoms with Crippen LogP contribution in [0.15, 0.2) is 54.2 Å². The van der Waals surface area contributed by atoms with Crippen LogP contribution in [0.25, 0.3) is 0 Å². The normalized spacial score (nSPS) is 11.5. The fraction of sp³-hybridized carbons (Fsp3) is 0.214. The molecule has 0 atom stereocenters. The van der Waals surface area contributed by atoms with Crippen LogP contribution in [0.1, 0.15) is 17.5 Å². The van der Waals surface area contributed by atoms with Crippen LogP contribution < -0.4 is 9.78 Å². The standard InChI is InChI=1S/C14H15N3O2/c18-10-2-3-12-5-8-17(9-6-12)16-14(19)13-4-1-7-15-11-13/h1,4-9,11,18H,2-3,10H2. The number of nitrogens with zero attached hydrogens (tertiary/aromatic N) is 3. The molecule has 2 heterocycles. The van der Waals surface area contributed by atoms with Crippen molar-refractivity contribution in [2.75, 3.05) is 6.61 Å². The van der Waals surface area contributed by atoms with Crippen molar-refractivity contribution in [1.82, 2.24) is 4.98 Å². The predicted molar refractivity (Wildman–Crippen MR) is 68.2 cm³/mol. The van der Waals surface area contributed by atoms with Gasteiger partial charge >= 0.3 is 0 Å². The lowest BCUT2D eigenvalue weighted by molar-refractivity contribution is -0.681. The Morgan fingerprint density at radius 2 is 2.11 bits per heavy atom. The SMILES string of the molecule is [O-]/C(=N\[n+]1ccc(CCCO)cc1)c1cccnc1. The zero-order valence-corrected chi connectivity index (χ0v) is 10.4. The zero-order chi connectivity index (χ0) is 13.5. The highest BCUT2D eigenvalue weighted by Gasteiger charge is 2.00. The highest BCUT2D eigenvalue weighted by Crippen LogP contribution is 1.99. The van der Waals surface area contributed by atoms with Crippen LogP contribution in [0.5, 0.6) is 0 Å². The molecule has 5 nitrogen and oxygen atoms in total. The van der Waals surface area contributed by atoms with Gasteiger partial charge in [0.1, 0.15) is 0 Å². The van der Waals surface area contributed by atoms with Crippen molar-refractivity contribution in [3.63, 3.8) is 0 Å². The van der Waals surface area contributed by atoms with Crippen LogP contribution in [0.4, 0.5) is 0 Å². The van der Waals surface area contributed by atoms with Crippen LogP contribution in [0.2, 0.25) is 0 Å². The van der Waals surface area contributed by atoms with Gasteiger partial charge in [0.2, 0.25) is 12.4 Å². The van der Waals surface area contributed by atoms with E-state index in [1.807, 2.05) is 12.1 Å². The minimum atomic E-state index is -0.332. The summed E-state index contributed by atoms with van der Waals surface area (Å²) in [4.78, 5) is 3.88. The molecule has 0 unspecified atom stereocenters. The number of hydrogen-bond acceptors (Lipinski definition) is 4. The minimum Gasteiger partial charge on any atom is -0.854 e. The van der Waals surface area contributed by atoms with Gasteiger partial charge in [0.15, 0.2) is 0 Å². The summed E-state index contributed by atoms with van der Waals surface area (Å²) in [7, 11) is 0. The molecular weight excluding hydrogens is 242 g/mol. The molecule has 0 radical (unpaired) electrons. The number of aliphatic hydroxyl groups is 1. The molecule has 0 fully saturated rings. The first-order chi connectivity index (χ1) is 9.29. The Balaban J connectivity index is 2.10. The molecule has 98 valence electrons. The minimum absolute atomic E-state index is 0.179. The summed E-state index contributed by atoms with van der Waals surface area (Å²) < 4.78 is 1.47. The molecule has 0 saturated heterocycles. The molecule has 2 aromatic rings. The van der Waals surface area contributed by atoms with Crippen LogP contribution in [0.3, 0.4) is 0 Å². The van der Waals surface area contributed by atoms with Gasteiger partial charge in [-0.15, -0.1) is 0 Å². The van der Waals surface area contributed by atoms with E-state index in [4.69, 9.17) is 5.11 Å². The van der Waals surface area contributed by atoms with E-state index >= 15 is 0 Å². The lowest BCUT2D eigenvalue weighted by Gasteiger charge is -2.05. The van der Waals surface area contributed by atoms with E-state index < -0.39 is 0 Å². The first-order valence-electron chi connectivity index (χ1n) is 6.07. The Morgan fingerprint density at radius 3 is 2.74 bits per heavy atom. The van der Waals surface area contributed by atoms with Crippen molar-refractivity contribution in [3.05, 3.63) is 60.2 Å². The van der Waals surface area contributed by atoms with Crippen molar-refractivity contribution in [2.24, 2.45) is 5.10 Å². The zero-order valence-electron chi connectivity index (χ0n) is 10.4. The average Bonchev–Trinajstić information content (AvgIpc) is 2.47. The Hall–Kier alpha value is -2.27. The van der Waals surface area contributed by atoms with Gasteiger partial charge in [-0.05, 0) is 29.6 Å². The van der Waals surface area contributed by atoms with E-state index in [2.05, 4.69) is 10.1 Å². The first-order valence-corrected chi connectivity index (χ1v) is 6.07. The van der Waals surface area contributed by atoms with E-state index in [0.29, 0.717) is 5.56 Å². The van der Waals surface area contributed by atoms with Gasteiger partial charge in [0, 0.05) is 36.7 Å². The Bertz CT molecular complexity index is 538. The van der Waals surface area contributed by atoms with Crippen molar-refractivity contribution in [3.8, 4) is 0 Å². The second-order valence-corrected chi connectivity index (χ2v) is 4.06. The van der Waals surface area contributed by atoms with E-state index in [1.54, 1.807) is 30.7 Å². The summed E-state index contributed by atoms with van der Waals surface area (Å²) in [5.74, 6) is -0.332. The van der Waals surface area contributed by atoms with Gasteiger partial charge in [-0.1, -0.05) is 10.7 Å². The molecule has 1 N–H and O–H groups in total. The summed E-state index contributed by atoms with van der Waals surface area (Å²) in [5, 5.41) is 24.5. The number of rotatable bonds is 5. The molecule has 0 aliphatic carbocycles. The van der Waals surface area contributed by atoms with Gasteiger partial charge < -0.3 is 10.2 Å². The van der Waals surface area contributed by atoms with Gasteiger partial charge in [-0.3, -0.25) is 4.98 Å². The van der Waals surface area contributed by atoms with Crippen LogP contribution in [-0.4, -0.2) is 22.6 Å². The maximum absolute atomic E-state index is 11.8. The van der Waals surface area contributed by atoms with Gasteiger partial charge in [-0.2, -0.15) is 0 Å². The number of hydrogen-bond donors (Lipinski definition) is 1. The molecule has 0 aromatic carbocycles. The van der Waals surface area contributed by atoms with Crippen LogP contribution in [0, 0.1) is 0 Å². The lowest BCUT2D eigenvalue weighted by atomic mass is 10.1. The molecular formula is C14H15N3O2. The van der Waals surface area contributed by atoms with Gasteiger partial charge in [0.05, 0.1) is 5.90 Å². The highest BCUT2D eigenvalue weighted by molar-refractivity contribution is 5.89. The van der Waals surface area contributed by atoms with E-state index in [-0.39, 0.29) is 12.5 Å². The Labute approximate surface area is 111 Å². The summed E-state index contributed by atoms with van der Waals surface area (Å²) in [6.45, 7) is 0.179. The quantitative estimate of drug-likeness (QED) is 0.460. The summed E-state index contributed by atoms with van der Waals surface area (Å²) in [5.41, 5.74) is 1.56. The third-order valence-electron chi connectivity index (χ3n) is 2.62. The fourth-order valence-electron chi connectivity index (χ4n) is 1.62. The number of pyridine rings is 2. The summed E-state index contributed by atoms with van der Waals surface area (Å²) >= 11 is 0. The predicted octanol–water partition coefficient (Wildman–Crippen LogP) is -0.136. The third-order valence-corrected chi connectivity index (χ3v) is 2.62. The second-order valence-electron chi connectivity index (χ2n) is 4.06.